The average Bonchev–Trinajstić information content (AvgIpc) is 2.37. The van der Waals surface area contributed by atoms with Crippen molar-refractivity contribution in [1.29, 1.82) is 0 Å². The normalized spacial score (nSPS) is 12.3. The number of rotatable bonds is 6. The molecule has 0 spiro atoms. The minimum Gasteiger partial charge on any atom is -0.496 e. The number of hydrogen-bond donors (Lipinski definition) is 1. The van der Waals surface area contributed by atoms with Crippen molar-refractivity contribution in [2.24, 2.45) is 5.92 Å². The topological polar surface area (TPSA) is 38.3 Å². The minimum atomic E-state index is -0.0935. The predicted octanol–water partition coefficient (Wildman–Crippen LogP) is 4.00. The fourth-order valence-corrected chi connectivity index (χ4v) is 2.62. The van der Waals surface area contributed by atoms with Crippen molar-refractivity contribution in [2.75, 3.05) is 12.4 Å². The second-order valence-electron chi connectivity index (χ2n) is 4.65. The first-order valence-electron chi connectivity index (χ1n) is 6.20. The number of ether oxygens (including phenoxy) is 1. The van der Waals surface area contributed by atoms with Gasteiger partial charge in [-0.25, -0.2) is 0 Å². The van der Waals surface area contributed by atoms with Gasteiger partial charge in [-0.15, -0.1) is 0 Å². The number of carbonyl (C=O) groups excluding carboxylic acids is 1. The largest absolute Gasteiger partial charge is 0.496 e. The Balaban J connectivity index is 2.88. The fraction of sp³-hybridized carbons (Fsp3) is 0.500. The van der Waals surface area contributed by atoms with Crippen molar-refractivity contribution in [3.8, 4) is 5.75 Å². The van der Waals surface area contributed by atoms with E-state index in [2.05, 4.69) is 51.0 Å². The highest BCUT2D eigenvalue weighted by molar-refractivity contribution is 9.10. The Labute approximate surface area is 131 Å². The van der Waals surface area contributed by atoms with Crippen molar-refractivity contribution < 1.29 is 9.53 Å². The number of benzene rings is 1. The summed E-state index contributed by atoms with van der Waals surface area (Å²) in [7, 11) is 1.57. The Hall–Kier alpha value is -0.550. The summed E-state index contributed by atoms with van der Waals surface area (Å²) in [6, 6.07) is 5.56. The standard InChI is InChI=1S/C14H19Br2NO2/c1-9(2)12(6-7-15)17-14(18)11-5-4-10(16)8-13(11)19-3/h4-5,8-9,12H,6-7H2,1-3H3,(H,17,18). The van der Waals surface area contributed by atoms with Crippen LogP contribution in [0.4, 0.5) is 0 Å². The first-order valence-corrected chi connectivity index (χ1v) is 8.11. The van der Waals surface area contributed by atoms with Crippen molar-refractivity contribution >= 4 is 37.8 Å². The molecule has 1 N–H and O–H groups in total. The van der Waals surface area contributed by atoms with Gasteiger partial charge in [-0.1, -0.05) is 45.7 Å². The molecule has 0 aliphatic carbocycles. The van der Waals surface area contributed by atoms with Gasteiger partial charge >= 0.3 is 0 Å². The maximum absolute atomic E-state index is 12.3. The van der Waals surface area contributed by atoms with Crippen LogP contribution in [0.5, 0.6) is 5.75 Å². The molecule has 19 heavy (non-hydrogen) atoms. The minimum absolute atomic E-state index is 0.0935. The lowest BCUT2D eigenvalue weighted by molar-refractivity contribution is 0.0922. The van der Waals surface area contributed by atoms with Gasteiger partial charge in [-0.3, -0.25) is 4.79 Å². The molecule has 1 rings (SSSR count). The van der Waals surface area contributed by atoms with Crippen LogP contribution in [0.15, 0.2) is 22.7 Å². The summed E-state index contributed by atoms with van der Waals surface area (Å²) in [6.07, 6.45) is 0.905. The summed E-state index contributed by atoms with van der Waals surface area (Å²) in [4.78, 5) is 12.3. The van der Waals surface area contributed by atoms with Gasteiger partial charge in [0.1, 0.15) is 5.75 Å². The Morgan fingerprint density at radius 1 is 1.42 bits per heavy atom. The Morgan fingerprint density at radius 3 is 2.63 bits per heavy atom. The molecular formula is C14H19Br2NO2. The molecule has 0 fully saturated rings. The predicted molar refractivity (Wildman–Crippen MR) is 85.2 cm³/mol. The van der Waals surface area contributed by atoms with Gasteiger partial charge in [0.05, 0.1) is 12.7 Å². The first kappa shape index (κ1) is 16.5. The number of halogens is 2. The van der Waals surface area contributed by atoms with Crippen molar-refractivity contribution in [3.05, 3.63) is 28.2 Å². The Kier molecular flexibility index (Phi) is 6.86. The molecule has 5 heteroatoms. The van der Waals surface area contributed by atoms with Crippen LogP contribution in [0, 0.1) is 5.92 Å². The molecule has 1 amide bonds. The van der Waals surface area contributed by atoms with Crippen LogP contribution in [0.25, 0.3) is 0 Å². The van der Waals surface area contributed by atoms with Gasteiger partial charge in [-0.05, 0) is 30.5 Å². The van der Waals surface area contributed by atoms with E-state index in [0.29, 0.717) is 17.2 Å². The summed E-state index contributed by atoms with van der Waals surface area (Å²) in [6.45, 7) is 4.21. The molecule has 1 atom stereocenters. The molecule has 0 bridgehead atoms. The summed E-state index contributed by atoms with van der Waals surface area (Å²) >= 11 is 6.79. The highest BCUT2D eigenvalue weighted by Crippen LogP contribution is 2.23. The molecule has 0 saturated heterocycles. The van der Waals surface area contributed by atoms with Gasteiger partial charge in [0, 0.05) is 15.8 Å². The van der Waals surface area contributed by atoms with Crippen LogP contribution in [0.1, 0.15) is 30.6 Å². The zero-order valence-corrected chi connectivity index (χ0v) is 14.5. The van der Waals surface area contributed by atoms with Crippen LogP contribution in [-0.2, 0) is 0 Å². The van der Waals surface area contributed by atoms with E-state index in [-0.39, 0.29) is 11.9 Å². The number of hydrogen-bond acceptors (Lipinski definition) is 2. The van der Waals surface area contributed by atoms with Crippen LogP contribution in [0.3, 0.4) is 0 Å². The number of amides is 1. The van der Waals surface area contributed by atoms with Gasteiger partial charge in [0.2, 0.25) is 0 Å². The molecular weight excluding hydrogens is 374 g/mol. The van der Waals surface area contributed by atoms with Crippen LogP contribution >= 0.6 is 31.9 Å². The summed E-state index contributed by atoms with van der Waals surface area (Å²) in [5.41, 5.74) is 0.561. The van der Waals surface area contributed by atoms with Crippen molar-refractivity contribution in [2.45, 2.75) is 26.3 Å². The van der Waals surface area contributed by atoms with E-state index in [4.69, 9.17) is 4.74 Å². The van der Waals surface area contributed by atoms with Gasteiger partial charge in [-0.2, -0.15) is 0 Å². The molecule has 0 heterocycles. The summed E-state index contributed by atoms with van der Waals surface area (Å²) in [5, 5.41) is 3.93. The molecule has 1 unspecified atom stereocenters. The SMILES string of the molecule is COc1cc(Br)ccc1C(=O)NC(CCBr)C(C)C. The molecule has 1 aromatic rings. The van der Waals surface area contributed by atoms with E-state index >= 15 is 0 Å². The van der Waals surface area contributed by atoms with Crippen LogP contribution in [0.2, 0.25) is 0 Å². The van der Waals surface area contributed by atoms with E-state index in [1.165, 1.54) is 0 Å². The van der Waals surface area contributed by atoms with E-state index in [9.17, 15) is 4.79 Å². The Morgan fingerprint density at radius 2 is 2.11 bits per heavy atom. The van der Waals surface area contributed by atoms with Crippen molar-refractivity contribution in [1.82, 2.24) is 5.32 Å². The quantitative estimate of drug-likeness (QED) is 0.743. The smallest absolute Gasteiger partial charge is 0.255 e. The molecule has 0 saturated carbocycles. The third kappa shape index (κ3) is 4.80. The molecule has 0 radical (unpaired) electrons. The van der Waals surface area contributed by atoms with E-state index < -0.39 is 0 Å². The molecule has 0 aliphatic heterocycles. The second kappa shape index (κ2) is 7.90. The number of nitrogens with one attached hydrogen (secondary N) is 1. The summed E-state index contributed by atoms with van der Waals surface area (Å²) in [5.74, 6) is 0.875. The maximum atomic E-state index is 12.3. The van der Waals surface area contributed by atoms with Crippen LogP contribution < -0.4 is 10.1 Å². The third-order valence-corrected chi connectivity index (χ3v) is 3.90. The molecule has 3 nitrogen and oxygen atoms in total. The monoisotopic (exact) mass is 391 g/mol. The van der Waals surface area contributed by atoms with Crippen LogP contribution in [-0.4, -0.2) is 24.4 Å². The number of methoxy groups -OCH3 is 1. The second-order valence-corrected chi connectivity index (χ2v) is 6.35. The summed E-state index contributed by atoms with van der Waals surface area (Å²) < 4.78 is 6.14. The fourth-order valence-electron chi connectivity index (χ4n) is 1.79. The average molecular weight is 393 g/mol. The highest BCUT2D eigenvalue weighted by atomic mass is 79.9. The van der Waals surface area contributed by atoms with E-state index in [1.54, 1.807) is 19.2 Å². The maximum Gasteiger partial charge on any atom is 0.255 e. The van der Waals surface area contributed by atoms with E-state index in [0.717, 1.165) is 16.2 Å². The molecule has 0 aromatic heterocycles. The lowest BCUT2D eigenvalue weighted by Crippen LogP contribution is -2.39. The first-order chi connectivity index (χ1) is 8.99. The zero-order valence-electron chi connectivity index (χ0n) is 11.4. The zero-order chi connectivity index (χ0) is 14.4. The van der Waals surface area contributed by atoms with Gasteiger partial charge in [0.25, 0.3) is 5.91 Å². The third-order valence-electron chi connectivity index (χ3n) is 2.95. The Bertz CT molecular complexity index is 435. The number of alkyl halides is 1. The van der Waals surface area contributed by atoms with Gasteiger partial charge < -0.3 is 10.1 Å². The van der Waals surface area contributed by atoms with Crippen molar-refractivity contribution in [3.63, 3.8) is 0 Å². The lowest BCUT2D eigenvalue weighted by atomic mass is 10.0. The van der Waals surface area contributed by atoms with E-state index in [1.807, 2.05) is 6.07 Å². The lowest BCUT2D eigenvalue weighted by Gasteiger charge is -2.22. The highest BCUT2D eigenvalue weighted by Gasteiger charge is 2.19. The number of carbonyl (C=O) groups is 1. The van der Waals surface area contributed by atoms with Gasteiger partial charge in [0.15, 0.2) is 0 Å². The molecule has 0 aliphatic rings. The molecule has 1 aromatic carbocycles. The molecule has 106 valence electrons.